The molecular weight excluding hydrogens is 502 g/mol. The summed E-state index contributed by atoms with van der Waals surface area (Å²) >= 11 is 0. The Morgan fingerprint density at radius 3 is 2.21 bits per heavy atom. The molecule has 1 saturated heterocycles. The maximum Gasteiger partial charge on any atom is 0.243 e. The highest BCUT2D eigenvalue weighted by Crippen LogP contribution is 2.21. The summed E-state index contributed by atoms with van der Waals surface area (Å²) < 4.78 is 32.9. The fraction of sp³-hybridized carbons (Fsp3) is 0.393. The van der Waals surface area contributed by atoms with Crippen LogP contribution in [0.5, 0.6) is 0 Å². The highest BCUT2D eigenvalue weighted by atomic mass is 32.2. The molecule has 202 valence electrons. The number of carbonyl (C=O) groups is 1. The van der Waals surface area contributed by atoms with E-state index in [1.54, 1.807) is 29.2 Å². The molecule has 9 nitrogen and oxygen atoms in total. The second-order valence-electron chi connectivity index (χ2n) is 9.51. The minimum absolute atomic E-state index is 0.0985. The predicted molar refractivity (Wildman–Crippen MR) is 147 cm³/mol. The molecule has 1 fully saturated rings. The second-order valence-corrected chi connectivity index (χ2v) is 11.4. The monoisotopic (exact) mass is 537 g/mol. The van der Waals surface area contributed by atoms with Gasteiger partial charge in [0.25, 0.3) is 0 Å². The first-order valence-corrected chi connectivity index (χ1v) is 14.2. The standard InChI is InChI=1S/C28H35N5O4S/c1-22-5-9-24(10-6-22)26-13-14-27(30-29-26)31-15-4-16-32(18-17-31)28(34)21-33(19-20-37-3)38(35,36)25-11-7-23(2)8-12-25/h5-14H,4,15-21H2,1-3H3. The molecule has 1 aliphatic rings. The zero-order valence-electron chi connectivity index (χ0n) is 22.2. The maximum absolute atomic E-state index is 13.3. The van der Waals surface area contributed by atoms with Gasteiger partial charge in [0.1, 0.15) is 0 Å². The zero-order valence-corrected chi connectivity index (χ0v) is 23.0. The first-order valence-electron chi connectivity index (χ1n) is 12.8. The van der Waals surface area contributed by atoms with Gasteiger partial charge in [-0.05, 0) is 44.5 Å². The van der Waals surface area contributed by atoms with Gasteiger partial charge < -0.3 is 14.5 Å². The molecular formula is C28H35N5O4S. The minimum atomic E-state index is -3.84. The van der Waals surface area contributed by atoms with Crippen LogP contribution in [0, 0.1) is 13.8 Å². The second kappa shape index (κ2) is 12.5. The molecule has 1 aromatic heterocycles. The van der Waals surface area contributed by atoms with Crippen LogP contribution in [0.15, 0.2) is 65.6 Å². The third-order valence-corrected chi connectivity index (χ3v) is 8.54. The van der Waals surface area contributed by atoms with E-state index in [-0.39, 0.29) is 30.5 Å². The van der Waals surface area contributed by atoms with Gasteiger partial charge in [0.05, 0.1) is 23.7 Å². The normalized spacial score (nSPS) is 14.5. The van der Waals surface area contributed by atoms with Gasteiger partial charge in [0.15, 0.2) is 5.82 Å². The van der Waals surface area contributed by atoms with Crippen molar-refractivity contribution in [3.05, 3.63) is 71.8 Å². The predicted octanol–water partition coefficient (Wildman–Crippen LogP) is 3.14. The van der Waals surface area contributed by atoms with E-state index < -0.39 is 10.0 Å². The average molecular weight is 538 g/mol. The van der Waals surface area contributed by atoms with Crippen molar-refractivity contribution in [1.82, 2.24) is 19.4 Å². The van der Waals surface area contributed by atoms with Crippen molar-refractivity contribution in [2.24, 2.45) is 0 Å². The van der Waals surface area contributed by atoms with E-state index in [4.69, 9.17) is 4.74 Å². The van der Waals surface area contributed by atoms with Crippen LogP contribution >= 0.6 is 0 Å². The van der Waals surface area contributed by atoms with Gasteiger partial charge in [-0.1, -0.05) is 47.5 Å². The Bertz CT molecular complexity index is 1310. The molecule has 0 radical (unpaired) electrons. The number of amides is 1. The van der Waals surface area contributed by atoms with Crippen LogP contribution in [-0.4, -0.2) is 86.7 Å². The van der Waals surface area contributed by atoms with Gasteiger partial charge in [-0.3, -0.25) is 4.79 Å². The number of methoxy groups -OCH3 is 1. The quantitative estimate of drug-likeness (QED) is 0.414. The van der Waals surface area contributed by atoms with Gasteiger partial charge in [0.2, 0.25) is 15.9 Å². The number of rotatable bonds is 9. The molecule has 0 bridgehead atoms. The number of hydrogen-bond acceptors (Lipinski definition) is 7. The van der Waals surface area contributed by atoms with Crippen LogP contribution in [0.4, 0.5) is 5.82 Å². The molecule has 3 aromatic rings. The molecule has 10 heteroatoms. The SMILES string of the molecule is COCCN(CC(=O)N1CCCN(c2ccc(-c3ccc(C)cc3)nn2)CC1)S(=O)(=O)c1ccc(C)cc1. The van der Waals surface area contributed by atoms with Crippen LogP contribution in [-0.2, 0) is 19.6 Å². The van der Waals surface area contributed by atoms with Crippen LogP contribution in [0.25, 0.3) is 11.3 Å². The van der Waals surface area contributed by atoms with Crippen LogP contribution in [0.2, 0.25) is 0 Å². The van der Waals surface area contributed by atoms with Crippen LogP contribution in [0.3, 0.4) is 0 Å². The zero-order chi connectivity index (χ0) is 27.1. The Balaban J connectivity index is 1.40. The third kappa shape index (κ3) is 6.75. The molecule has 2 aromatic carbocycles. The largest absolute Gasteiger partial charge is 0.383 e. The van der Waals surface area contributed by atoms with E-state index in [9.17, 15) is 13.2 Å². The molecule has 0 unspecified atom stereocenters. The molecule has 0 spiro atoms. The van der Waals surface area contributed by atoms with Crippen molar-refractivity contribution in [1.29, 1.82) is 0 Å². The lowest BCUT2D eigenvalue weighted by atomic mass is 10.1. The number of hydrogen-bond donors (Lipinski definition) is 0. The van der Waals surface area contributed by atoms with Crippen LogP contribution in [0.1, 0.15) is 17.5 Å². The van der Waals surface area contributed by atoms with Crippen molar-refractivity contribution in [2.45, 2.75) is 25.2 Å². The highest BCUT2D eigenvalue weighted by molar-refractivity contribution is 7.89. The topological polar surface area (TPSA) is 95.9 Å². The average Bonchev–Trinajstić information content (AvgIpc) is 3.18. The number of ether oxygens (including phenoxy) is 1. The van der Waals surface area contributed by atoms with E-state index in [1.165, 1.54) is 17.0 Å². The Hall–Kier alpha value is -3.34. The first kappa shape index (κ1) is 27.7. The molecule has 1 amide bonds. The molecule has 2 heterocycles. The molecule has 0 saturated carbocycles. The fourth-order valence-electron chi connectivity index (χ4n) is 4.36. The number of benzene rings is 2. The molecule has 0 N–H and O–H groups in total. The Morgan fingerprint density at radius 2 is 1.58 bits per heavy atom. The van der Waals surface area contributed by atoms with Gasteiger partial charge >= 0.3 is 0 Å². The summed E-state index contributed by atoms with van der Waals surface area (Å²) in [6, 6.07) is 18.7. The lowest BCUT2D eigenvalue weighted by molar-refractivity contribution is -0.131. The van der Waals surface area contributed by atoms with E-state index >= 15 is 0 Å². The third-order valence-electron chi connectivity index (χ3n) is 6.69. The number of carbonyl (C=O) groups excluding carboxylic acids is 1. The Labute approximate surface area is 225 Å². The molecule has 0 atom stereocenters. The maximum atomic E-state index is 13.3. The number of sulfonamides is 1. The van der Waals surface area contributed by atoms with Crippen LogP contribution < -0.4 is 4.90 Å². The van der Waals surface area contributed by atoms with E-state index in [0.717, 1.165) is 35.6 Å². The van der Waals surface area contributed by atoms with E-state index in [2.05, 4.69) is 15.1 Å². The minimum Gasteiger partial charge on any atom is -0.383 e. The van der Waals surface area contributed by atoms with Gasteiger partial charge in [-0.15, -0.1) is 10.2 Å². The summed E-state index contributed by atoms with van der Waals surface area (Å²) in [5.41, 5.74) is 3.98. The lowest BCUT2D eigenvalue weighted by Gasteiger charge is -2.26. The first-order chi connectivity index (χ1) is 18.3. The summed E-state index contributed by atoms with van der Waals surface area (Å²) in [6.45, 7) is 6.36. The van der Waals surface area contributed by atoms with Crippen molar-refractivity contribution >= 4 is 21.7 Å². The summed E-state index contributed by atoms with van der Waals surface area (Å²) in [4.78, 5) is 17.3. The summed E-state index contributed by atoms with van der Waals surface area (Å²) in [5.74, 6) is 0.540. The van der Waals surface area contributed by atoms with Crippen molar-refractivity contribution in [3.63, 3.8) is 0 Å². The van der Waals surface area contributed by atoms with E-state index in [1.807, 2.05) is 50.2 Å². The van der Waals surface area contributed by atoms with Gasteiger partial charge in [-0.2, -0.15) is 4.31 Å². The molecule has 0 aliphatic carbocycles. The fourth-order valence-corrected chi connectivity index (χ4v) is 5.73. The number of aromatic nitrogens is 2. The number of aryl methyl sites for hydroxylation is 2. The van der Waals surface area contributed by atoms with Gasteiger partial charge in [-0.25, -0.2) is 8.42 Å². The highest BCUT2D eigenvalue weighted by Gasteiger charge is 2.29. The van der Waals surface area contributed by atoms with Crippen molar-refractivity contribution in [3.8, 4) is 11.3 Å². The molecule has 38 heavy (non-hydrogen) atoms. The Morgan fingerprint density at radius 1 is 0.895 bits per heavy atom. The summed E-state index contributed by atoms with van der Waals surface area (Å²) in [5, 5.41) is 8.85. The number of nitrogens with zero attached hydrogens (tertiary/aromatic N) is 5. The Kier molecular flexibility index (Phi) is 9.09. The van der Waals surface area contributed by atoms with Crippen molar-refractivity contribution in [2.75, 3.05) is 57.9 Å². The lowest BCUT2D eigenvalue weighted by Crippen LogP contribution is -2.45. The van der Waals surface area contributed by atoms with Gasteiger partial charge in [0, 0.05) is 45.4 Å². The van der Waals surface area contributed by atoms with Crippen molar-refractivity contribution < 1.29 is 17.9 Å². The summed E-state index contributed by atoms with van der Waals surface area (Å²) in [7, 11) is -2.33. The molecule has 4 rings (SSSR count). The smallest absolute Gasteiger partial charge is 0.243 e. The summed E-state index contributed by atoms with van der Waals surface area (Å²) in [6.07, 6.45) is 0.746. The number of anilines is 1. The molecule has 1 aliphatic heterocycles. The van der Waals surface area contributed by atoms with E-state index in [0.29, 0.717) is 19.6 Å².